The van der Waals surface area contributed by atoms with Gasteiger partial charge in [-0.15, -0.1) is 11.3 Å². The van der Waals surface area contributed by atoms with Crippen molar-refractivity contribution in [2.45, 2.75) is 71.6 Å². The second-order valence-electron chi connectivity index (χ2n) is 26.4. The number of hydrogen-bond acceptors (Lipinski definition) is 4. The second-order valence-corrected chi connectivity index (χ2v) is 27.5. The van der Waals surface area contributed by atoms with Gasteiger partial charge in [0.05, 0.1) is 38.3 Å². The van der Waals surface area contributed by atoms with Gasteiger partial charge >= 0.3 is 0 Å². The van der Waals surface area contributed by atoms with Gasteiger partial charge in [0.25, 0.3) is 0 Å². The van der Waals surface area contributed by atoms with Gasteiger partial charge in [0, 0.05) is 48.9 Å². The minimum Gasteiger partial charge on any atom is -0.455 e. The summed E-state index contributed by atoms with van der Waals surface area (Å²) in [6.45, 7) is 17.8. The molecule has 89 heavy (non-hydrogen) atoms. The van der Waals surface area contributed by atoms with Crippen LogP contribution in [0, 0.1) is 25.5 Å². The van der Waals surface area contributed by atoms with Gasteiger partial charge in [0.2, 0.25) is 0 Å². The van der Waals surface area contributed by atoms with Crippen LogP contribution in [0.2, 0.25) is 0 Å². The van der Waals surface area contributed by atoms with E-state index in [9.17, 15) is 0 Å². The Hall–Kier alpha value is -9.88. The van der Waals surface area contributed by atoms with Crippen molar-refractivity contribution in [3.8, 4) is 44.5 Å². The Morgan fingerprint density at radius 1 is 0.393 bits per heavy atom. The number of halogens is 2. The smallest absolute Gasteiger partial charge is 0.145 e. The molecule has 0 fully saturated rings. The zero-order chi connectivity index (χ0) is 60.8. The summed E-state index contributed by atoms with van der Waals surface area (Å²) < 4.78 is 44.1. The molecule has 12 aromatic carbocycles. The molecule has 432 valence electrons. The fourth-order valence-corrected chi connectivity index (χ4v) is 15.8. The normalized spacial score (nSPS) is 13.1. The number of rotatable bonds is 8. The van der Waals surface area contributed by atoms with Crippen LogP contribution in [0.1, 0.15) is 86.1 Å². The van der Waals surface area contributed by atoms with E-state index in [1.54, 1.807) is 35.6 Å². The third-order valence-electron chi connectivity index (χ3n) is 18.8. The molecule has 0 unspecified atom stereocenters. The number of nitrogens with zero attached hydrogens (tertiary/aromatic N) is 2. The molecular weight excluding hydrogens is 1110 g/mol. The van der Waals surface area contributed by atoms with Gasteiger partial charge in [-0.3, -0.25) is 0 Å². The standard InChI is InChI=1S/C83H64F2N2OS/c1-49-27-41-69(63(43-49)51-19-11-9-12-20-51)86(57-35-29-53(30-36-57)81(3,4)5)71-47-68-78(79-75(71)61-23-15-17-25-73(61)88-79)77-67(83(68)65-45-55(84)33-39-59(65)60-40-34-56(85)46-66(60)83)48-72(80-76(77)62-24-16-18-26-74(62)89-80)87(58-37-31-54(32-38-58)82(6,7)8)70-42-28-50(2)44-64(70)52-21-13-10-14-22-52/h9-48H,1-8H3. The summed E-state index contributed by atoms with van der Waals surface area (Å²) in [5.74, 6) is -0.752. The number of fused-ring (bicyclic) bond motifs is 18. The molecule has 0 bridgehead atoms. The Balaban J connectivity index is 1.11. The highest BCUT2D eigenvalue weighted by atomic mass is 32.1. The third kappa shape index (κ3) is 8.40. The first-order valence-corrected chi connectivity index (χ1v) is 31.6. The summed E-state index contributed by atoms with van der Waals surface area (Å²) in [5.41, 5.74) is 21.5. The Bertz CT molecular complexity index is 5150. The summed E-state index contributed by atoms with van der Waals surface area (Å²) in [4.78, 5) is 4.86. The fraction of sp³-hybridized carbons (Fsp3) is 0.133. The third-order valence-corrected chi connectivity index (χ3v) is 20.0. The van der Waals surface area contributed by atoms with Crippen LogP contribution in [0.3, 0.4) is 0 Å². The van der Waals surface area contributed by atoms with Crippen molar-refractivity contribution < 1.29 is 13.2 Å². The van der Waals surface area contributed by atoms with Crippen LogP contribution in [-0.2, 0) is 16.2 Å². The van der Waals surface area contributed by atoms with E-state index in [2.05, 4.69) is 265 Å². The molecule has 0 aliphatic heterocycles. The Morgan fingerprint density at radius 3 is 1.40 bits per heavy atom. The van der Waals surface area contributed by atoms with E-state index in [-0.39, 0.29) is 22.5 Å². The highest BCUT2D eigenvalue weighted by Gasteiger charge is 2.55. The zero-order valence-electron chi connectivity index (χ0n) is 51.1. The Morgan fingerprint density at radius 2 is 0.865 bits per heavy atom. The predicted molar refractivity (Wildman–Crippen MR) is 370 cm³/mol. The largest absolute Gasteiger partial charge is 0.455 e. The van der Waals surface area contributed by atoms with Crippen LogP contribution in [0.5, 0.6) is 0 Å². The predicted octanol–water partition coefficient (Wildman–Crippen LogP) is 24.1. The maximum Gasteiger partial charge on any atom is 0.145 e. The van der Waals surface area contributed by atoms with Crippen LogP contribution in [0.15, 0.2) is 247 Å². The van der Waals surface area contributed by atoms with Gasteiger partial charge < -0.3 is 14.2 Å². The molecular formula is C83H64F2N2OS. The molecule has 0 N–H and O–H groups in total. The number of benzene rings is 12. The van der Waals surface area contributed by atoms with Crippen molar-refractivity contribution in [1.29, 1.82) is 0 Å². The number of hydrogen-bond donors (Lipinski definition) is 0. The van der Waals surface area contributed by atoms with Gasteiger partial charge in [-0.2, -0.15) is 0 Å². The minimum absolute atomic E-state index is 0.102. The average molecular weight is 1180 g/mol. The number of anilines is 6. The number of para-hydroxylation sites is 1. The lowest BCUT2D eigenvalue weighted by Crippen LogP contribution is -2.27. The second kappa shape index (κ2) is 20.1. The maximum atomic E-state index is 17.2. The minimum atomic E-state index is -1.32. The first-order valence-electron chi connectivity index (χ1n) is 30.8. The maximum absolute atomic E-state index is 17.2. The molecule has 14 aromatic rings. The van der Waals surface area contributed by atoms with Crippen molar-refractivity contribution in [2.75, 3.05) is 9.80 Å². The van der Waals surface area contributed by atoms with Gasteiger partial charge in [0.15, 0.2) is 0 Å². The lowest BCUT2D eigenvalue weighted by Gasteiger charge is -2.34. The summed E-state index contributed by atoms with van der Waals surface area (Å²) in [6.07, 6.45) is 0. The van der Waals surface area contributed by atoms with Crippen molar-refractivity contribution in [1.82, 2.24) is 0 Å². The van der Waals surface area contributed by atoms with Gasteiger partial charge in [-0.1, -0.05) is 198 Å². The fourth-order valence-electron chi connectivity index (χ4n) is 14.6. The molecule has 0 saturated heterocycles. The SMILES string of the molecule is Cc1ccc(N(c2ccc(C(C)(C)C)cc2)c2cc3c(c4c2sc2ccccc24)-c2c(cc(N(c4ccc(C(C)(C)C)cc4)c4ccc(C)cc4-c4ccccc4)c4c2oc2ccccc24)C32c3cc(F)ccc3-c3ccc(F)cc32)c(-c2ccccc2)c1. The molecule has 2 aromatic heterocycles. The van der Waals surface area contributed by atoms with E-state index in [1.165, 1.54) is 11.1 Å². The van der Waals surface area contributed by atoms with Gasteiger partial charge in [0.1, 0.15) is 22.8 Å². The van der Waals surface area contributed by atoms with Crippen molar-refractivity contribution in [2.24, 2.45) is 0 Å². The topological polar surface area (TPSA) is 19.6 Å². The summed E-state index contributed by atoms with van der Waals surface area (Å²) in [6, 6.07) is 85.0. The van der Waals surface area contributed by atoms with Crippen LogP contribution < -0.4 is 9.80 Å². The van der Waals surface area contributed by atoms with E-state index in [0.717, 1.165) is 149 Å². The zero-order valence-corrected chi connectivity index (χ0v) is 51.9. The number of thiophene rings is 1. The molecule has 0 saturated carbocycles. The van der Waals surface area contributed by atoms with E-state index in [0.29, 0.717) is 5.58 Å². The molecule has 3 nitrogen and oxygen atoms in total. The average Bonchev–Trinajstić information content (AvgIpc) is 1.49. The molecule has 16 rings (SSSR count). The van der Waals surface area contributed by atoms with Crippen LogP contribution in [0.4, 0.5) is 42.9 Å². The molecule has 2 aliphatic carbocycles. The van der Waals surface area contributed by atoms with Crippen LogP contribution in [0.25, 0.3) is 86.6 Å². The van der Waals surface area contributed by atoms with E-state index in [4.69, 9.17) is 4.42 Å². The van der Waals surface area contributed by atoms with Crippen LogP contribution >= 0.6 is 11.3 Å². The lowest BCUT2D eigenvalue weighted by molar-refractivity contribution is 0.590. The summed E-state index contributed by atoms with van der Waals surface area (Å²) >= 11 is 1.78. The first kappa shape index (κ1) is 54.5. The molecule has 1 spiro atoms. The molecule has 2 heterocycles. The molecule has 0 radical (unpaired) electrons. The summed E-state index contributed by atoms with van der Waals surface area (Å²) in [7, 11) is 0. The molecule has 2 aliphatic rings. The van der Waals surface area contributed by atoms with Crippen molar-refractivity contribution >= 4 is 87.6 Å². The van der Waals surface area contributed by atoms with Crippen LogP contribution in [-0.4, -0.2) is 0 Å². The van der Waals surface area contributed by atoms with E-state index < -0.39 is 5.41 Å². The molecule has 0 atom stereocenters. The van der Waals surface area contributed by atoms with Crippen molar-refractivity contribution in [3.05, 3.63) is 299 Å². The Kier molecular flexibility index (Phi) is 12.3. The van der Waals surface area contributed by atoms with E-state index in [1.807, 2.05) is 18.2 Å². The quantitative estimate of drug-likeness (QED) is 0.151. The number of furan rings is 1. The first-order chi connectivity index (χ1) is 43.0. The molecule has 0 amide bonds. The van der Waals surface area contributed by atoms with Gasteiger partial charge in [-0.25, -0.2) is 8.78 Å². The Labute approximate surface area is 522 Å². The summed E-state index contributed by atoms with van der Waals surface area (Å²) in [5, 5.41) is 4.03. The number of aryl methyl sites for hydroxylation is 2. The molecule has 6 heteroatoms. The van der Waals surface area contributed by atoms with Gasteiger partial charge in [-0.05, 0) is 183 Å². The highest BCUT2D eigenvalue weighted by Crippen LogP contribution is 2.69. The van der Waals surface area contributed by atoms with Crippen molar-refractivity contribution in [3.63, 3.8) is 0 Å². The van der Waals surface area contributed by atoms with E-state index >= 15 is 8.78 Å². The lowest BCUT2D eigenvalue weighted by atomic mass is 9.70. The monoisotopic (exact) mass is 1170 g/mol. The highest BCUT2D eigenvalue weighted by molar-refractivity contribution is 7.26.